The molecule has 1 aromatic carbocycles. The number of benzene rings is 1. The van der Waals surface area contributed by atoms with E-state index in [1.165, 1.54) is 12.1 Å². The van der Waals surface area contributed by atoms with Crippen LogP contribution >= 0.6 is 15.9 Å². The summed E-state index contributed by atoms with van der Waals surface area (Å²) in [5.41, 5.74) is 0.202. The molecule has 0 spiro atoms. The first-order chi connectivity index (χ1) is 9.06. The highest BCUT2D eigenvalue weighted by Crippen LogP contribution is 2.21. The summed E-state index contributed by atoms with van der Waals surface area (Å²) in [6, 6.07) is 4.33. The molecule has 1 amide bonds. The predicted molar refractivity (Wildman–Crippen MR) is 74.2 cm³/mol. The van der Waals surface area contributed by atoms with Gasteiger partial charge in [0.1, 0.15) is 0 Å². The number of carbonyl (C=O) groups excluding carboxylic acids is 1. The van der Waals surface area contributed by atoms with E-state index in [0.717, 1.165) is 25.9 Å². The summed E-state index contributed by atoms with van der Waals surface area (Å²) in [7, 11) is 0. The van der Waals surface area contributed by atoms with Gasteiger partial charge in [0.2, 0.25) is 0 Å². The second kappa shape index (κ2) is 6.12. The van der Waals surface area contributed by atoms with Gasteiger partial charge in [-0.3, -0.25) is 14.9 Å². The first-order valence-corrected chi connectivity index (χ1v) is 6.82. The molecule has 2 N–H and O–H groups in total. The van der Waals surface area contributed by atoms with Gasteiger partial charge < -0.3 is 10.6 Å². The van der Waals surface area contributed by atoms with Gasteiger partial charge in [-0.25, -0.2) is 0 Å². The number of nitrogens with one attached hydrogen (secondary N) is 2. The standard InChI is InChI=1S/C12H14BrN3O3/c13-9-4-8(5-11(6-9)16(18)19)12(17)15-10-2-1-3-14-7-10/h4-6,10,14H,1-3,7H2,(H,15,17)/t10-/m0/s1. The fourth-order valence-electron chi connectivity index (χ4n) is 2.05. The van der Waals surface area contributed by atoms with Crippen molar-refractivity contribution in [3.8, 4) is 0 Å². The van der Waals surface area contributed by atoms with Crippen LogP contribution in [0.1, 0.15) is 23.2 Å². The van der Waals surface area contributed by atoms with Gasteiger partial charge in [-0.2, -0.15) is 0 Å². The van der Waals surface area contributed by atoms with Gasteiger partial charge in [-0.15, -0.1) is 0 Å². The van der Waals surface area contributed by atoms with Crippen LogP contribution in [0.3, 0.4) is 0 Å². The molecule has 1 fully saturated rings. The topological polar surface area (TPSA) is 84.3 Å². The van der Waals surface area contributed by atoms with E-state index in [1.54, 1.807) is 6.07 Å². The molecule has 0 aromatic heterocycles. The van der Waals surface area contributed by atoms with Crippen LogP contribution in [0, 0.1) is 10.1 Å². The lowest BCUT2D eigenvalue weighted by molar-refractivity contribution is -0.385. The summed E-state index contributed by atoms with van der Waals surface area (Å²) in [4.78, 5) is 22.3. The Bertz CT molecular complexity index is 501. The molecular formula is C12H14BrN3O3. The molecule has 6 nitrogen and oxygen atoms in total. The molecule has 7 heteroatoms. The third kappa shape index (κ3) is 3.74. The van der Waals surface area contributed by atoms with E-state index >= 15 is 0 Å². The number of non-ortho nitro benzene ring substituents is 1. The largest absolute Gasteiger partial charge is 0.348 e. The highest BCUT2D eigenvalue weighted by atomic mass is 79.9. The van der Waals surface area contributed by atoms with Crippen LogP contribution < -0.4 is 10.6 Å². The maximum atomic E-state index is 12.1. The van der Waals surface area contributed by atoms with Gasteiger partial charge in [0, 0.05) is 34.8 Å². The number of hydrogen-bond donors (Lipinski definition) is 2. The number of nitrogens with zero attached hydrogens (tertiary/aromatic N) is 1. The second-order valence-electron chi connectivity index (χ2n) is 4.47. The Labute approximate surface area is 118 Å². The van der Waals surface area contributed by atoms with Crippen molar-refractivity contribution < 1.29 is 9.72 Å². The SMILES string of the molecule is O=C(N[C@H]1CCCNC1)c1cc(Br)cc([N+](=O)[O-])c1. The van der Waals surface area contributed by atoms with Crippen LogP contribution in [-0.2, 0) is 0 Å². The van der Waals surface area contributed by atoms with E-state index < -0.39 is 4.92 Å². The first kappa shape index (κ1) is 14.0. The van der Waals surface area contributed by atoms with Gasteiger partial charge in [0.15, 0.2) is 0 Å². The van der Waals surface area contributed by atoms with Crippen LogP contribution in [0.25, 0.3) is 0 Å². The van der Waals surface area contributed by atoms with Crippen molar-refractivity contribution in [2.75, 3.05) is 13.1 Å². The molecule has 0 bridgehead atoms. The van der Waals surface area contributed by atoms with Crippen LogP contribution in [0.5, 0.6) is 0 Å². The quantitative estimate of drug-likeness (QED) is 0.655. The van der Waals surface area contributed by atoms with E-state index in [0.29, 0.717) is 10.0 Å². The van der Waals surface area contributed by atoms with E-state index in [1.807, 2.05) is 0 Å². The summed E-state index contributed by atoms with van der Waals surface area (Å²) >= 11 is 3.18. The average molecular weight is 328 g/mol. The average Bonchev–Trinajstić information content (AvgIpc) is 2.39. The van der Waals surface area contributed by atoms with Crippen LogP contribution in [-0.4, -0.2) is 30.0 Å². The molecule has 0 saturated carbocycles. The highest BCUT2D eigenvalue weighted by Gasteiger charge is 2.18. The Kier molecular flexibility index (Phi) is 4.49. The van der Waals surface area contributed by atoms with Crippen molar-refractivity contribution in [1.82, 2.24) is 10.6 Å². The Morgan fingerprint density at radius 3 is 2.89 bits per heavy atom. The van der Waals surface area contributed by atoms with Gasteiger partial charge in [-0.05, 0) is 25.5 Å². The summed E-state index contributed by atoms with van der Waals surface area (Å²) < 4.78 is 0.522. The molecule has 19 heavy (non-hydrogen) atoms. The predicted octanol–water partition coefficient (Wildman–Crippen LogP) is 1.84. The number of hydrogen-bond acceptors (Lipinski definition) is 4. The Hall–Kier alpha value is -1.47. The van der Waals surface area contributed by atoms with Gasteiger partial charge >= 0.3 is 0 Å². The third-order valence-electron chi connectivity index (χ3n) is 2.99. The number of amides is 1. The molecule has 102 valence electrons. The molecule has 1 saturated heterocycles. The molecule has 1 aliphatic heterocycles. The minimum atomic E-state index is -0.510. The lowest BCUT2D eigenvalue weighted by Gasteiger charge is -2.23. The number of rotatable bonds is 3. The van der Waals surface area contributed by atoms with Crippen molar-refractivity contribution in [2.45, 2.75) is 18.9 Å². The van der Waals surface area contributed by atoms with Crippen molar-refractivity contribution >= 4 is 27.5 Å². The molecule has 0 radical (unpaired) electrons. The molecular weight excluding hydrogens is 314 g/mol. The van der Waals surface area contributed by atoms with Crippen molar-refractivity contribution in [1.29, 1.82) is 0 Å². The minimum absolute atomic E-state index is 0.0827. The van der Waals surface area contributed by atoms with Crippen molar-refractivity contribution in [3.63, 3.8) is 0 Å². The zero-order valence-corrected chi connectivity index (χ0v) is 11.8. The zero-order chi connectivity index (χ0) is 13.8. The molecule has 0 aliphatic carbocycles. The third-order valence-corrected chi connectivity index (χ3v) is 3.45. The lowest BCUT2D eigenvalue weighted by atomic mass is 10.1. The smallest absolute Gasteiger partial charge is 0.271 e. The Morgan fingerprint density at radius 1 is 1.47 bits per heavy atom. The van der Waals surface area contributed by atoms with E-state index in [9.17, 15) is 14.9 Å². The van der Waals surface area contributed by atoms with E-state index in [2.05, 4.69) is 26.6 Å². The fraction of sp³-hybridized carbons (Fsp3) is 0.417. The molecule has 1 aliphatic rings. The molecule has 1 aromatic rings. The Balaban J connectivity index is 2.11. The van der Waals surface area contributed by atoms with Gasteiger partial charge in [0.25, 0.3) is 11.6 Å². The number of halogens is 1. The first-order valence-electron chi connectivity index (χ1n) is 6.03. The minimum Gasteiger partial charge on any atom is -0.348 e. The summed E-state index contributed by atoms with van der Waals surface area (Å²) in [5.74, 6) is -0.280. The molecule has 1 atom stereocenters. The maximum absolute atomic E-state index is 12.1. The summed E-state index contributed by atoms with van der Waals surface area (Å²) in [5, 5.41) is 16.8. The summed E-state index contributed by atoms with van der Waals surface area (Å²) in [6.07, 6.45) is 1.94. The monoisotopic (exact) mass is 327 g/mol. The zero-order valence-electron chi connectivity index (χ0n) is 10.2. The molecule has 0 unspecified atom stereocenters. The normalized spacial score (nSPS) is 18.9. The van der Waals surface area contributed by atoms with E-state index in [-0.39, 0.29) is 17.6 Å². The van der Waals surface area contributed by atoms with Gasteiger partial charge in [0.05, 0.1) is 4.92 Å². The van der Waals surface area contributed by atoms with Crippen LogP contribution in [0.15, 0.2) is 22.7 Å². The van der Waals surface area contributed by atoms with E-state index in [4.69, 9.17) is 0 Å². The number of carbonyl (C=O) groups is 1. The van der Waals surface area contributed by atoms with Crippen molar-refractivity contribution in [2.24, 2.45) is 0 Å². The molecule has 2 rings (SSSR count). The van der Waals surface area contributed by atoms with Crippen molar-refractivity contribution in [3.05, 3.63) is 38.3 Å². The number of nitro groups is 1. The molecule has 1 heterocycles. The highest BCUT2D eigenvalue weighted by molar-refractivity contribution is 9.10. The van der Waals surface area contributed by atoms with Crippen LogP contribution in [0.2, 0.25) is 0 Å². The number of piperidine rings is 1. The maximum Gasteiger partial charge on any atom is 0.271 e. The second-order valence-corrected chi connectivity index (χ2v) is 5.39. The number of nitro benzene ring substituents is 1. The van der Waals surface area contributed by atoms with Crippen LogP contribution in [0.4, 0.5) is 5.69 Å². The fourth-order valence-corrected chi connectivity index (χ4v) is 2.54. The summed E-state index contributed by atoms with van der Waals surface area (Å²) in [6.45, 7) is 1.70. The lowest BCUT2D eigenvalue weighted by Crippen LogP contribution is -2.45. The Morgan fingerprint density at radius 2 is 2.26 bits per heavy atom. The van der Waals surface area contributed by atoms with Gasteiger partial charge in [-0.1, -0.05) is 15.9 Å².